The summed E-state index contributed by atoms with van der Waals surface area (Å²) >= 11 is 0. The van der Waals surface area contributed by atoms with E-state index >= 15 is 0 Å². The van der Waals surface area contributed by atoms with Gasteiger partial charge in [-0.3, -0.25) is 0 Å². The van der Waals surface area contributed by atoms with Gasteiger partial charge < -0.3 is 16.0 Å². The number of rotatable bonds is 1. The van der Waals surface area contributed by atoms with Crippen molar-refractivity contribution in [1.29, 1.82) is 0 Å². The minimum absolute atomic E-state index is 0.00861. The lowest BCUT2D eigenvalue weighted by molar-refractivity contribution is 0.547. The van der Waals surface area contributed by atoms with Crippen molar-refractivity contribution in [3.63, 3.8) is 0 Å². The summed E-state index contributed by atoms with van der Waals surface area (Å²) in [6.07, 6.45) is 2.97. The highest BCUT2D eigenvalue weighted by molar-refractivity contribution is 6.02. The van der Waals surface area contributed by atoms with Crippen LogP contribution in [0.5, 0.6) is 0 Å². The molecular weight excluding hydrogens is 158 g/mol. The van der Waals surface area contributed by atoms with Crippen LogP contribution in [0.2, 0.25) is 0 Å². The predicted octanol–water partition coefficient (Wildman–Crippen LogP) is -0.328. The Kier molecular flexibility index (Phi) is 2.42. The molecule has 0 amide bonds. The maximum absolute atomic E-state index is 5.25. The van der Waals surface area contributed by atoms with E-state index < -0.39 is 0 Å². The van der Waals surface area contributed by atoms with Gasteiger partial charge in [0, 0.05) is 0 Å². The summed E-state index contributed by atoms with van der Waals surface area (Å²) in [5.41, 5.74) is 5.78. The third-order valence-corrected chi connectivity index (χ3v) is 1.16. The molecule has 12 heavy (non-hydrogen) atoms. The number of oxazole rings is 1. The summed E-state index contributed by atoms with van der Waals surface area (Å²) in [5, 5.41) is 3.18. The molecule has 6 heteroatoms. The summed E-state index contributed by atoms with van der Waals surface area (Å²) in [6, 6.07) is 0. The number of hydrogen-bond acceptors (Lipinski definition) is 4. The number of hydrogen-bond donors (Lipinski definition) is 2. The van der Waals surface area contributed by atoms with Gasteiger partial charge in [-0.1, -0.05) is 0 Å². The van der Waals surface area contributed by atoms with Crippen LogP contribution in [0, 0.1) is 0 Å². The summed E-state index contributed by atoms with van der Waals surface area (Å²) in [5.74, 6) is 5.27. The fourth-order valence-corrected chi connectivity index (χ4v) is 0.651. The number of hydrazone groups is 1. The van der Waals surface area contributed by atoms with Crippen LogP contribution >= 0.6 is 0 Å². The molecule has 6 nitrogen and oxygen atoms in total. The van der Waals surface area contributed by atoms with Crippen LogP contribution in [0.3, 0.4) is 0 Å². The van der Waals surface area contributed by atoms with Crippen LogP contribution < -0.4 is 11.6 Å². The predicted molar refractivity (Wildman–Crippen MR) is 44.5 cm³/mol. The van der Waals surface area contributed by atoms with E-state index in [0.29, 0.717) is 11.6 Å². The molecule has 0 bridgehead atoms. The maximum atomic E-state index is 5.25. The van der Waals surface area contributed by atoms with E-state index in [0.717, 1.165) is 0 Å². The molecular formula is C6H9N5O. The number of aromatic nitrogens is 1. The Morgan fingerprint density at radius 3 is 2.92 bits per heavy atom. The van der Waals surface area contributed by atoms with Gasteiger partial charge in [0.1, 0.15) is 12.0 Å². The van der Waals surface area contributed by atoms with Crippen molar-refractivity contribution in [2.24, 2.45) is 21.7 Å². The first kappa shape index (κ1) is 8.25. The molecule has 0 unspecified atom stereocenters. The van der Waals surface area contributed by atoms with Crippen molar-refractivity contribution in [3.05, 3.63) is 18.4 Å². The van der Waals surface area contributed by atoms with Crippen molar-refractivity contribution in [3.8, 4) is 0 Å². The van der Waals surface area contributed by atoms with Crippen LogP contribution in [-0.2, 0) is 0 Å². The standard InChI is InChI=1S/C6H9N5O/c1-4(10-6(7)11-8)5-9-2-3-12-5/h2-3H,8H2,1H3,(H2,7,11)/b10-4+. The fourth-order valence-electron chi connectivity index (χ4n) is 0.651. The van der Waals surface area contributed by atoms with Crippen molar-refractivity contribution >= 4 is 11.7 Å². The Morgan fingerprint density at radius 1 is 1.67 bits per heavy atom. The Balaban J connectivity index is 2.85. The Hall–Kier alpha value is -1.85. The quantitative estimate of drug-likeness (QED) is 0.259. The maximum Gasteiger partial charge on any atom is 0.240 e. The van der Waals surface area contributed by atoms with E-state index in [1.54, 1.807) is 6.92 Å². The van der Waals surface area contributed by atoms with Gasteiger partial charge in [0.25, 0.3) is 0 Å². The highest BCUT2D eigenvalue weighted by atomic mass is 16.3. The van der Waals surface area contributed by atoms with Gasteiger partial charge in [-0.2, -0.15) is 0 Å². The molecule has 0 atom stereocenters. The van der Waals surface area contributed by atoms with Crippen molar-refractivity contribution in [2.75, 3.05) is 0 Å². The van der Waals surface area contributed by atoms with Gasteiger partial charge in [0.2, 0.25) is 11.9 Å². The largest absolute Gasteiger partial charge is 0.444 e. The van der Waals surface area contributed by atoms with Gasteiger partial charge in [-0.15, -0.1) is 5.10 Å². The molecule has 0 radical (unpaired) electrons. The number of guanidine groups is 1. The SMILES string of the molecule is C/C(=N\C(N)=N/N)c1ncco1. The molecule has 0 spiro atoms. The molecule has 1 aromatic heterocycles. The molecule has 0 saturated heterocycles. The third-order valence-electron chi connectivity index (χ3n) is 1.16. The molecule has 1 aromatic rings. The molecule has 0 aliphatic rings. The second-order valence-corrected chi connectivity index (χ2v) is 2.02. The minimum Gasteiger partial charge on any atom is -0.444 e. The highest BCUT2D eigenvalue weighted by Gasteiger charge is 2.01. The first-order valence-corrected chi connectivity index (χ1v) is 3.22. The summed E-state index contributed by atoms with van der Waals surface area (Å²) in [7, 11) is 0. The average molecular weight is 167 g/mol. The van der Waals surface area contributed by atoms with Crippen LogP contribution in [0.15, 0.2) is 27.0 Å². The summed E-state index contributed by atoms with van der Waals surface area (Å²) in [6.45, 7) is 1.70. The molecule has 0 aliphatic carbocycles. The number of aliphatic imine (C=N–C) groups is 1. The normalized spacial score (nSPS) is 13.4. The molecule has 0 aliphatic heterocycles. The Morgan fingerprint density at radius 2 is 2.42 bits per heavy atom. The van der Waals surface area contributed by atoms with E-state index in [1.165, 1.54) is 12.5 Å². The van der Waals surface area contributed by atoms with E-state index in [-0.39, 0.29) is 5.96 Å². The Bertz CT molecular complexity index is 300. The highest BCUT2D eigenvalue weighted by Crippen LogP contribution is 1.96. The molecule has 1 rings (SSSR count). The van der Waals surface area contributed by atoms with Crippen LogP contribution in [0.25, 0.3) is 0 Å². The lowest BCUT2D eigenvalue weighted by Crippen LogP contribution is -2.13. The molecule has 1 heterocycles. The van der Waals surface area contributed by atoms with Crippen molar-refractivity contribution < 1.29 is 4.42 Å². The molecule has 4 N–H and O–H groups in total. The van der Waals surface area contributed by atoms with Gasteiger partial charge >= 0.3 is 0 Å². The number of nitrogens with two attached hydrogens (primary N) is 2. The van der Waals surface area contributed by atoms with Crippen LogP contribution in [0.4, 0.5) is 0 Å². The first-order chi connectivity index (χ1) is 5.74. The minimum atomic E-state index is -0.00861. The zero-order valence-corrected chi connectivity index (χ0v) is 6.56. The van der Waals surface area contributed by atoms with Crippen LogP contribution in [-0.4, -0.2) is 16.7 Å². The summed E-state index contributed by atoms with van der Waals surface area (Å²) in [4.78, 5) is 7.66. The van der Waals surface area contributed by atoms with E-state index in [2.05, 4.69) is 15.1 Å². The second-order valence-electron chi connectivity index (χ2n) is 2.02. The monoisotopic (exact) mass is 167 g/mol. The third kappa shape index (κ3) is 1.82. The summed E-state index contributed by atoms with van der Waals surface area (Å²) < 4.78 is 4.95. The zero-order chi connectivity index (χ0) is 8.97. The second kappa shape index (κ2) is 3.51. The number of nitrogens with zero attached hydrogens (tertiary/aromatic N) is 3. The molecule has 0 fully saturated rings. The smallest absolute Gasteiger partial charge is 0.240 e. The molecule has 0 saturated carbocycles. The van der Waals surface area contributed by atoms with E-state index in [9.17, 15) is 0 Å². The van der Waals surface area contributed by atoms with Gasteiger partial charge in [0.15, 0.2) is 0 Å². The lowest BCUT2D eigenvalue weighted by Gasteiger charge is -1.92. The van der Waals surface area contributed by atoms with Gasteiger partial charge in [-0.05, 0) is 6.92 Å². The van der Waals surface area contributed by atoms with Crippen molar-refractivity contribution in [1.82, 2.24) is 4.98 Å². The van der Waals surface area contributed by atoms with Crippen molar-refractivity contribution in [2.45, 2.75) is 6.92 Å². The average Bonchev–Trinajstić information content (AvgIpc) is 2.56. The van der Waals surface area contributed by atoms with Gasteiger partial charge in [-0.25, -0.2) is 9.98 Å². The zero-order valence-electron chi connectivity index (χ0n) is 6.56. The lowest BCUT2D eigenvalue weighted by atomic mass is 10.4. The Labute approximate surface area is 69.0 Å². The molecule has 64 valence electrons. The topological polar surface area (TPSA) is 103 Å². The van der Waals surface area contributed by atoms with E-state index in [1.807, 2.05) is 0 Å². The first-order valence-electron chi connectivity index (χ1n) is 3.22. The van der Waals surface area contributed by atoms with E-state index in [4.69, 9.17) is 16.0 Å². The fraction of sp³-hybridized carbons (Fsp3) is 0.167. The van der Waals surface area contributed by atoms with Gasteiger partial charge in [0.05, 0.1) is 6.20 Å². The molecule has 0 aromatic carbocycles. The van der Waals surface area contributed by atoms with Crippen LogP contribution in [0.1, 0.15) is 12.8 Å².